The molecule has 0 bridgehead atoms. The molecule has 0 saturated heterocycles. The number of benzene rings is 1. The maximum atomic E-state index is 5.39. The average Bonchev–Trinajstić information content (AvgIpc) is 2.75. The number of halogens is 1. The van der Waals surface area contributed by atoms with Gasteiger partial charge in [0, 0.05) is 17.9 Å². The molecule has 5 nitrogen and oxygen atoms in total. The zero-order valence-electron chi connectivity index (χ0n) is 10.5. The summed E-state index contributed by atoms with van der Waals surface area (Å²) in [6.45, 7) is 2.18. The summed E-state index contributed by atoms with van der Waals surface area (Å²) in [5, 5.41) is 0. The molecule has 0 radical (unpaired) electrons. The van der Waals surface area contributed by atoms with E-state index in [0.717, 1.165) is 16.7 Å². The fourth-order valence-corrected chi connectivity index (χ4v) is 2.87. The largest absolute Gasteiger partial charge is 0.322 e. The molecule has 2 heterocycles. The third-order valence-corrected chi connectivity index (χ3v) is 3.85. The van der Waals surface area contributed by atoms with Gasteiger partial charge in [-0.1, -0.05) is 18.2 Å². The molecule has 3 N–H and O–H groups in total. The number of nitrogens with zero attached hydrogens (tertiary/aromatic N) is 3. The molecule has 3 rings (SSSR count). The van der Waals surface area contributed by atoms with Crippen molar-refractivity contribution in [2.75, 3.05) is 10.3 Å². The molecule has 98 valence electrons. The molecule has 0 spiro atoms. The molecule has 0 amide bonds. The van der Waals surface area contributed by atoms with E-state index >= 15 is 0 Å². The number of hydrogen-bond donors (Lipinski definition) is 2. The van der Waals surface area contributed by atoms with Gasteiger partial charge in [0.2, 0.25) is 5.95 Å². The normalized spacial score (nSPS) is 17.4. The summed E-state index contributed by atoms with van der Waals surface area (Å²) >= 11 is 3.51. The Morgan fingerprint density at radius 3 is 3.00 bits per heavy atom. The standard InChI is InChI=1S/C13H14BrN5/c1-8-6-9-4-2-3-5-11(9)19(8)12-10(14)7-16-13(17-12)18-15/h2-5,7-8H,6,15H2,1H3,(H,16,17,18). The van der Waals surface area contributed by atoms with E-state index in [-0.39, 0.29) is 0 Å². The predicted molar refractivity (Wildman–Crippen MR) is 79.3 cm³/mol. The third-order valence-electron chi connectivity index (χ3n) is 3.29. The van der Waals surface area contributed by atoms with Crippen LogP contribution in [0.15, 0.2) is 34.9 Å². The molecule has 1 aromatic carbocycles. The molecule has 0 saturated carbocycles. The summed E-state index contributed by atoms with van der Waals surface area (Å²) in [5.74, 6) is 6.63. The molecule has 1 aliphatic heterocycles. The minimum atomic E-state index is 0.356. The van der Waals surface area contributed by atoms with E-state index in [0.29, 0.717) is 12.0 Å². The summed E-state index contributed by atoms with van der Waals surface area (Å²) in [5.41, 5.74) is 5.02. The highest BCUT2D eigenvalue weighted by molar-refractivity contribution is 9.10. The van der Waals surface area contributed by atoms with Crippen molar-refractivity contribution in [3.63, 3.8) is 0 Å². The van der Waals surface area contributed by atoms with Crippen LogP contribution in [0.2, 0.25) is 0 Å². The second-order valence-corrected chi connectivity index (χ2v) is 5.42. The highest BCUT2D eigenvalue weighted by atomic mass is 79.9. The van der Waals surface area contributed by atoms with Crippen molar-refractivity contribution in [1.29, 1.82) is 0 Å². The summed E-state index contributed by atoms with van der Waals surface area (Å²) in [6, 6.07) is 8.73. The maximum absolute atomic E-state index is 5.39. The number of nitrogen functional groups attached to an aromatic ring is 1. The van der Waals surface area contributed by atoms with Crippen LogP contribution in [0.5, 0.6) is 0 Å². The van der Waals surface area contributed by atoms with Crippen molar-refractivity contribution in [1.82, 2.24) is 9.97 Å². The Kier molecular flexibility index (Phi) is 3.12. The molecule has 0 aliphatic carbocycles. The van der Waals surface area contributed by atoms with Gasteiger partial charge in [0.05, 0.1) is 4.47 Å². The van der Waals surface area contributed by atoms with Crippen LogP contribution in [-0.2, 0) is 6.42 Å². The van der Waals surface area contributed by atoms with Crippen molar-refractivity contribution < 1.29 is 0 Å². The van der Waals surface area contributed by atoms with Crippen LogP contribution in [-0.4, -0.2) is 16.0 Å². The topological polar surface area (TPSA) is 67.1 Å². The summed E-state index contributed by atoms with van der Waals surface area (Å²) in [7, 11) is 0. The SMILES string of the molecule is CC1Cc2ccccc2N1c1nc(NN)ncc1Br. The Morgan fingerprint density at radius 1 is 1.42 bits per heavy atom. The highest BCUT2D eigenvalue weighted by Gasteiger charge is 2.29. The molecule has 1 unspecified atom stereocenters. The first-order valence-corrected chi connectivity index (χ1v) is 6.86. The third kappa shape index (κ3) is 2.06. The first-order chi connectivity index (χ1) is 9.20. The molecule has 1 aromatic heterocycles. The lowest BCUT2D eigenvalue weighted by atomic mass is 10.1. The van der Waals surface area contributed by atoms with Gasteiger partial charge in [-0.15, -0.1) is 0 Å². The van der Waals surface area contributed by atoms with E-state index in [1.807, 2.05) is 6.07 Å². The van der Waals surface area contributed by atoms with Gasteiger partial charge in [0.15, 0.2) is 5.82 Å². The number of anilines is 3. The fraction of sp³-hybridized carbons (Fsp3) is 0.231. The van der Waals surface area contributed by atoms with Gasteiger partial charge in [-0.25, -0.2) is 10.8 Å². The zero-order valence-corrected chi connectivity index (χ0v) is 12.1. The smallest absolute Gasteiger partial charge is 0.239 e. The van der Waals surface area contributed by atoms with Gasteiger partial charge < -0.3 is 4.90 Å². The van der Waals surface area contributed by atoms with Crippen molar-refractivity contribution in [2.24, 2.45) is 5.84 Å². The predicted octanol–water partition coefficient (Wildman–Crippen LogP) is 2.61. The number of hydrazine groups is 1. The molecular weight excluding hydrogens is 306 g/mol. The van der Waals surface area contributed by atoms with Gasteiger partial charge in [-0.05, 0) is 40.9 Å². The maximum Gasteiger partial charge on any atom is 0.239 e. The van der Waals surface area contributed by atoms with Gasteiger partial charge in [-0.2, -0.15) is 4.98 Å². The molecule has 6 heteroatoms. The zero-order chi connectivity index (χ0) is 13.4. The van der Waals surface area contributed by atoms with Crippen LogP contribution in [0.25, 0.3) is 0 Å². The highest BCUT2D eigenvalue weighted by Crippen LogP contribution is 2.40. The molecule has 1 atom stereocenters. The minimum Gasteiger partial charge on any atom is -0.322 e. The number of hydrogen-bond acceptors (Lipinski definition) is 5. The van der Waals surface area contributed by atoms with Crippen LogP contribution in [0.4, 0.5) is 17.5 Å². The first kappa shape index (κ1) is 12.4. The lowest BCUT2D eigenvalue weighted by molar-refractivity contribution is 0.748. The minimum absolute atomic E-state index is 0.356. The van der Waals surface area contributed by atoms with Gasteiger partial charge in [0.1, 0.15) is 0 Å². The quantitative estimate of drug-likeness (QED) is 0.658. The number of fused-ring (bicyclic) bond motifs is 1. The first-order valence-electron chi connectivity index (χ1n) is 6.07. The van der Waals surface area contributed by atoms with Crippen molar-refractivity contribution in [3.05, 3.63) is 40.5 Å². The number of para-hydroxylation sites is 1. The van der Waals surface area contributed by atoms with E-state index in [1.54, 1.807) is 6.20 Å². The van der Waals surface area contributed by atoms with E-state index in [1.165, 1.54) is 11.3 Å². The number of nitrogens with one attached hydrogen (secondary N) is 1. The average molecular weight is 320 g/mol. The Hall–Kier alpha value is -1.66. The van der Waals surface area contributed by atoms with Crippen LogP contribution in [0, 0.1) is 0 Å². The van der Waals surface area contributed by atoms with Gasteiger partial charge >= 0.3 is 0 Å². The molecule has 2 aromatic rings. The number of aromatic nitrogens is 2. The van der Waals surface area contributed by atoms with Crippen LogP contribution >= 0.6 is 15.9 Å². The Bertz CT molecular complexity index is 616. The molecule has 19 heavy (non-hydrogen) atoms. The van der Waals surface area contributed by atoms with Crippen molar-refractivity contribution >= 4 is 33.4 Å². The lowest BCUT2D eigenvalue weighted by Crippen LogP contribution is -2.26. The van der Waals surface area contributed by atoms with E-state index in [2.05, 4.69) is 61.3 Å². The van der Waals surface area contributed by atoms with Crippen LogP contribution < -0.4 is 16.2 Å². The second-order valence-electron chi connectivity index (χ2n) is 4.56. The Morgan fingerprint density at radius 2 is 2.21 bits per heavy atom. The summed E-state index contributed by atoms with van der Waals surface area (Å²) in [6.07, 6.45) is 2.73. The van der Waals surface area contributed by atoms with Crippen molar-refractivity contribution in [2.45, 2.75) is 19.4 Å². The van der Waals surface area contributed by atoms with Crippen LogP contribution in [0.1, 0.15) is 12.5 Å². The lowest BCUT2D eigenvalue weighted by Gasteiger charge is -2.25. The molecular formula is C13H14BrN5. The van der Waals surface area contributed by atoms with Crippen LogP contribution in [0.3, 0.4) is 0 Å². The fourth-order valence-electron chi connectivity index (χ4n) is 2.48. The van der Waals surface area contributed by atoms with Gasteiger partial charge in [0.25, 0.3) is 0 Å². The molecule has 0 fully saturated rings. The Balaban J connectivity index is 2.12. The van der Waals surface area contributed by atoms with Gasteiger partial charge in [-0.3, -0.25) is 5.43 Å². The Labute approximate surface area is 120 Å². The van der Waals surface area contributed by atoms with Crippen molar-refractivity contribution in [3.8, 4) is 0 Å². The number of nitrogens with two attached hydrogens (primary N) is 1. The second kappa shape index (κ2) is 4.79. The summed E-state index contributed by atoms with van der Waals surface area (Å²) in [4.78, 5) is 10.8. The number of rotatable bonds is 2. The molecule has 1 aliphatic rings. The van der Waals surface area contributed by atoms with E-state index in [4.69, 9.17) is 5.84 Å². The van der Waals surface area contributed by atoms with E-state index < -0.39 is 0 Å². The van der Waals surface area contributed by atoms with E-state index in [9.17, 15) is 0 Å². The monoisotopic (exact) mass is 319 g/mol. The summed E-state index contributed by atoms with van der Waals surface area (Å²) < 4.78 is 0.857.